The van der Waals surface area contributed by atoms with E-state index in [9.17, 15) is 4.79 Å². The van der Waals surface area contributed by atoms with Gasteiger partial charge in [0.15, 0.2) is 0 Å². The van der Waals surface area contributed by atoms with Crippen LogP contribution in [0.1, 0.15) is 31.1 Å². The lowest BCUT2D eigenvalue weighted by molar-refractivity contribution is 0.0998. The molecule has 0 atom stereocenters. The van der Waals surface area contributed by atoms with Gasteiger partial charge in [0.2, 0.25) is 5.95 Å². The maximum Gasteiger partial charge on any atom is 0.261 e. The number of ether oxygens (including phenoxy) is 1. The maximum atomic E-state index is 12.2. The van der Waals surface area contributed by atoms with Crippen LogP contribution in [0.5, 0.6) is 5.75 Å². The third-order valence-corrected chi connectivity index (χ3v) is 2.34. The Morgan fingerprint density at radius 1 is 1.10 bits per heavy atom. The summed E-state index contributed by atoms with van der Waals surface area (Å²) in [5.74, 6) is 0.507. The quantitative estimate of drug-likeness (QED) is 0.932. The molecule has 0 saturated heterocycles. The van der Waals surface area contributed by atoms with Gasteiger partial charge >= 0.3 is 0 Å². The van der Waals surface area contributed by atoms with Gasteiger partial charge in [0.1, 0.15) is 11.4 Å². The topological polar surface area (TPSA) is 64.1 Å². The number of para-hydroxylation sites is 1. The molecule has 2 aromatic rings. The molecule has 0 aliphatic rings. The highest BCUT2D eigenvalue weighted by molar-refractivity contribution is 6.05. The minimum absolute atomic E-state index is 0.267. The molecule has 0 saturated carbocycles. The number of aromatic nitrogens is 2. The summed E-state index contributed by atoms with van der Waals surface area (Å²) in [6.07, 6.45) is 3.14. The van der Waals surface area contributed by atoms with E-state index in [2.05, 4.69) is 15.3 Å². The van der Waals surface area contributed by atoms with Crippen LogP contribution in [-0.4, -0.2) is 21.5 Å². The lowest BCUT2D eigenvalue weighted by atomic mass is 10.1. The molecule has 0 fully saturated rings. The number of rotatable bonds is 3. The SMILES string of the molecule is CC(C)(C)Oc1ccccc1C(=O)Nc1ncccn1. The van der Waals surface area contributed by atoms with Crippen LogP contribution in [0.4, 0.5) is 5.95 Å². The Bertz CT molecular complexity index is 592. The molecule has 0 aliphatic heterocycles. The van der Waals surface area contributed by atoms with Crippen molar-refractivity contribution in [1.82, 2.24) is 9.97 Å². The van der Waals surface area contributed by atoms with Gasteiger partial charge < -0.3 is 4.74 Å². The molecular weight excluding hydrogens is 254 g/mol. The Labute approximate surface area is 118 Å². The molecule has 1 aromatic heterocycles. The van der Waals surface area contributed by atoms with Crippen molar-refractivity contribution in [3.63, 3.8) is 0 Å². The number of nitrogens with zero attached hydrogens (tertiary/aromatic N) is 2. The summed E-state index contributed by atoms with van der Waals surface area (Å²) in [5.41, 5.74) is 0.0782. The molecule has 0 aliphatic carbocycles. The zero-order valence-corrected chi connectivity index (χ0v) is 11.8. The van der Waals surface area contributed by atoms with Gasteiger partial charge in [-0.15, -0.1) is 0 Å². The minimum atomic E-state index is -0.375. The highest BCUT2D eigenvalue weighted by Gasteiger charge is 2.18. The molecule has 0 unspecified atom stereocenters. The number of amides is 1. The lowest BCUT2D eigenvalue weighted by Crippen LogP contribution is -2.25. The van der Waals surface area contributed by atoms with Crippen LogP contribution in [0.15, 0.2) is 42.7 Å². The largest absolute Gasteiger partial charge is 0.487 e. The van der Waals surface area contributed by atoms with Crippen LogP contribution in [0.2, 0.25) is 0 Å². The van der Waals surface area contributed by atoms with Gasteiger partial charge in [-0.05, 0) is 39.0 Å². The van der Waals surface area contributed by atoms with Crippen LogP contribution in [0, 0.1) is 0 Å². The summed E-state index contributed by atoms with van der Waals surface area (Å²) >= 11 is 0. The highest BCUT2D eigenvalue weighted by Crippen LogP contribution is 2.23. The number of hydrogen-bond donors (Lipinski definition) is 1. The Kier molecular flexibility index (Phi) is 3.98. The molecule has 0 spiro atoms. The molecule has 2 rings (SSSR count). The number of nitrogens with one attached hydrogen (secondary N) is 1. The average molecular weight is 271 g/mol. The Morgan fingerprint density at radius 2 is 1.75 bits per heavy atom. The van der Waals surface area contributed by atoms with E-state index < -0.39 is 0 Å². The number of carbonyl (C=O) groups excluding carboxylic acids is 1. The standard InChI is InChI=1S/C15H17N3O2/c1-15(2,3)20-12-8-5-4-7-11(12)13(19)18-14-16-9-6-10-17-14/h4-10H,1-3H3,(H,16,17,18,19). The first kappa shape index (κ1) is 14.0. The van der Waals surface area contributed by atoms with Gasteiger partial charge in [0, 0.05) is 12.4 Å². The van der Waals surface area contributed by atoms with Crippen LogP contribution >= 0.6 is 0 Å². The molecule has 1 heterocycles. The molecule has 1 aromatic carbocycles. The molecule has 104 valence electrons. The maximum absolute atomic E-state index is 12.2. The molecule has 1 N–H and O–H groups in total. The number of carbonyl (C=O) groups is 1. The van der Waals surface area contributed by atoms with Crippen molar-refractivity contribution in [3.8, 4) is 5.75 Å². The van der Waals surface area contributed by atoms with Crippen LogP contribution in [0.3, 0.4) is 0 Å². The van der Waals surface area contributed by atoms with Crippen molar-refractivity contribution in [2.75, 3.05) is 5.32 Å². The van der Waals surface area contributed by atoms with Gasteiger partial charge in [0.25, 0.3) is 5.91 Å². The third-order valence-electron chi connectivity index (χ3n) is 2.34. The van der Waals surface area contributed by atoms with Crippen molar-refractivity contribution in [2.45, 2.75) is 26.4 Å². The van der Waals surface area contributed by atoms with Gasteiger partial charge in [-0.25, -0.2) is 9.97 Å². The second-order valence-corrected chi connectivity index (χ2v) is 5.24. The molecule has 5 heteroatoms. The number of anilines is 1. The Balaban J connectivity index is 2.22. The summed E-state index contributed by atoms with van der Waals surface area (Å²) < 4.78 is 5.79. The first-order valence-electron chi connectivity index (χ1n) is 6.32. The van der Waals surface area contributed by atoms with Crippen molar-refractivity contribution in [2.24, 2.45) is 0 Å². The molecule has 0 radical (unpaired) electrons. The fourth-order valence-electron chi connectivity index (χ4n) is 1.61. The lowest BCUT2D eigenvalue weighted by Gasteiger charge is -2.22. The van der Waals surface area contributed by atoms with E-state index in [4.69, 9.17) is 4.74 Å². The zero-order chi connectivity index (χ0) is 14.6. The summed E-state index contributed by atoms with van der Waals surface area (Å²) in [4.78, 5) is 20.2. The van der Waals surface area contributed by atoms with Gasteiger partial charge in [-0.1, -0.05) is 12.1 Å². The van der Waals surface area contributed by atoms with E-state index in [1.807, 2.05) is 26.8 Å². The van der Waals surface area contributed by atoms with Crippen molar-refractivity contribution >= 4 is 11.9 Å². The smallest absolute Gasteiger partial charge is 0.261 e. The van der Waals surface area contributed by atoms with Gasteiger partial charge in [-0.3, -0.25) is 10.1 Å². The van der Waals surface area contributed by atoms with Crippen molar-refractivity contribution < 1.29 is 9.53 Å². The van der Waals surface area contributed by atoms with Crippen LogP contribution in [-0.2, 0) is 0 Å². The zero-order valence-electron chi connectivity index (χ0n) is 11.8. The monoisotopic (exact) mass is 271 g/mol. The Morgan fingerprint density at radius 3 is 2.40 bits per heavy atom. The summed E-state index contributed by atoms with van der Waals surface area (Å²) in [7, 11) is 0. The second-order valence-electron chi connectivity index (χ2n) is 5.24. The highest BCUT2D eigenvalue weighted by atomic mass is 16.5. The molecular formula is C15H17N3O2. The predicted octanol–water partition coefficient (Wildman–Crippen LogP) is 2.91. The van der Waals surface area contributed by atoms with Crippen LogP contribution < -0.4 is 10.1 Å². The third kappa shape index (κ3) is 3.78. The summed E-state index contributed by atoms with van der Waals surface area (Å²) in [5, 5.41) is 2.64. The van der Waals surface area contributed by atoms with Crippen molar-refractivity contribution in [1.29, 1.82) is 0 Å². The second kappa shape index (κ2) is 5.69. The summed E-state index contributed by atoms with van der Waals surface area (Å²) in [6.45, 7) is 5.80. The average Bonchev–Trinajstić information content (AvgIpc) is 2.38. The van der Waals surface area contributed by atoms with Gasteiger partial charge in [-0.2, -0.15) is 0 Å². The summed E-state index contributed by atoms with van der Waals surface area (Å²) in [6, 6.07) is 8.78. The van der Waals surface area contributed by atoms with Crippen LogP contribution in [0.25, 0.3) is 0 Å². The van der Waals surface area contributed by atoms with Crippen molar-refractivity contribution in [3.05, 3.63) is 48.3 Å². The fraction of sp³-hybridized carbons (Fsp3) is 0.267. The predicted molar refractivity (Wildman–Crippen MR) is 76.8 cm³/mol. The molecule has 1 amide bonds. The number of hydrogen-bond acceptors (Lipinski definition) is 4. The van der Waals surface area contributed by atoms with Gasteiger partial charge in [0.05, 0.1) is 5.56 Å². The van der Waals surface area contributed by atoms with E-state index in [-0.39, 0.29) is 17.5 Å². The van der Waals surface area contributed by atoms with E-state index in [1.165, 1.54) is 0 Å². The molecule has 5 nitrogen and oxygen atoms in total. The molecule has 20 heavy (non-hydrogen) atoms. The molecule has 0 bridgehead atoms. The normalized spacial score (nSPS) is 10.9. The van der Waals surface area contributed by atoms with E-state index >= 15 is 0 Å². The van der Waals surface area contributed by atoms with E-state index in [1.54, 1.807) is 36.7 Å². The Hall–Kier alpha value is -2.43. The van der Waals surface area contributed by atoms with E-state index in [0.717, 1.165) is 0 Å². The first-order valence-corrected chi connectivity index (χ1v) is 6.32. The van der Waals surface area contributed by atoms with E-state index in [0.29, 0.717) is 11.3 Å². The minimum Gasteiger partial charge on any atom is -0.487 e. The fourth-order valence-corrected chi connectivity index (χ4v) is 1.61. The number of benzene rings is 1. The first-order chi connectivity index (χ1) is 9.46.